The predicted octanol–water partition coefficient (Wildman–Crippen LogP) is 3.25. The number of ether oxygens (including phenoxy) is 2. The van der Waals surface area contributed by atoms with Crippen LogP contribution in [0, 0.1) is 0 Å². The first-order valence-electron chi connectivity index (χ1n) is 6.30. The third-order valence-corrected chi connectivity index (χ3v) is 3.59. The van der Waals surface area contributed by atoms with Crippen molar-refractivity contribution in [2.75, 3.05) is 20.0 Å². The molecule has 2 heterocycles. The zero-order chi connectivity index (χ0) is 15.0. The average molecular weight is 304 g/mol. The Kier molecular flexibility index (Phi) is 3.35. The molecule has 108 valence electrons. The molecule has 0 saturated carbocycles. The zero-order valence-corrected chi connectivity index (χ0v) is 12.4. The van der Waals surface area contributed by atoms with Crippen molar-refractivity contribution in [3.8, 4) is 22.8 Å². The molecule has 0 spiro atoms. The van der Waals surface area contributed by atoms with E-state index in [-0.39, 0.29) is 0 Å². The Hall–Kier alpha value is -2.40. The number of rotatable bonds is 3. The molecule has 0 unspecified atom stereocenters. The number of fused-ring (bicyclic) bond motifs is 1. The Balaban J connectivity index is 2.31. The molecule has 3 aromatic rings. The van der Waals surface area contributed by atoms with E-state index in [9.17, 15) is 0 Å². The summed E-state index contributed by atoms with van der Waals surface area (Å²) in [5.74, 6) is 1.71. The minimum absolute atomic E-state index is 0.499. The van der Waals surface area contributed by atoms with Crippen LogP contribution in [-0.4, -0.2) is 23.6 Å². The Bertz CT molecular complexity index is 814. The second kappa shape index (κ2) is 5.18. The van der Waals surface area contributed by atoms with Gasteiger partial charge in [0.1, 0.15) is 11.5 Å². The Morgan fingerprint density at radius 1 is 1.14 bits per heavy atom. The smallest absolute Gasteiger partial charge is 0.170 e. The molecular formula is C15H14ClN3O2. The van der Waals surface area contributed by atoms with Gasteiger partial charge in [-0.25, -0.2) is 4.98 Å². The number of methoxy groups -OCH3 is 2. The van der Waals surface area contributed by atoms with Crippen molar-refractivity contribution < 1.29 is 9.47 Å². The van der Waals surface area contributed by atoms with Crippen LogP contribution in [0.3, 0.4) is 0 Å². The molecule has 0 aliphatic rings. The molecule has 21 heavy (non-hydrogen) atoms. The summed E-state index contributed by atoms with van der Waals surface area (Å²) in [7, 11) is 3.17. The molecule has 3 rings (SSSR count). The summed E-state index contributed by atoms with van der Waals surface area (Å²) in [5.41, 5.74) is 8.18. The van der Waals surface area contributed by atoms with Crippen LogP contribution >= 0.6 is 11.6 Å². The fourth-order valence-electron chi connectivity index (χ4n) is 2.32. The van der Waals surface area contributed by atoms with Crippen molar-refractivity contribution in [2.24, 2.45) is 0 Å². The number of nitrogens with two attached hydrogens (primary N) is 1. The lowest BCUT2D eigenvalue weighted by atomic mass is 10.1. The minimum Gasteiger partial charge on any atom is -0.493 e. The summed E-state index contributed by atoms with van der Waals surface area (Å²) in [6.45, 7) is 0. The minimum atomic E-state index is 0.499. The Morgan fingerprint density at radius 2 is 1.95 bits per heavy atom. The number of imidazole rings is 1. The highest BCUT2D eigenvalue weighted by Crippen LogP contribution is 2.40. The number of hydrogen-bond donors (Lipinski definition) is 1. The molecule has 0 amide bonds. The van der Waals surface area contributed by atoms with Gasteiger partial charge in [0.25, 0.3) is 0 Å². The molecular weight excluding hydrogens is 290 g/mol. The topological polar surface area (TPSA) is 61.8 Å². The van der Waals surface area contributed by atoms with Crippen LogP contribution in [0.2, 0.25) is 5.02 Å². The van der Waals surface area contributed by atoms with Crippen molar-refractivity contribution in [2.45, 2.75) is 0 Å². The summed E-state index contributed by atoms with van der Waals surface area (Å²) < 4.78 is 12.5. The van der Waals surface area contributed by atoms with Gasteiger partial charge in [-0.15, -0.1) is 0 Å². The summed E-state index contributed by atoms with van der Waals surface area (Å²) in [6.07, 6.45) is 1.82. The summed E-state index contributed by atoms with van der Waals surface area (Å²) in [5, 5.41) is 0.539. The maximum absolute atomic E-state index is 6.20. The molecule has 5 nitrogen and oxygen atoms in total. The van der Waals surface area contributed by atoms with Gasteiger partial charge in [-0.05, 0) is 24.3 Å². The van der Waals surface area contributed by atoms with E-state index in [1.165, 1.54) is 0 Å². The summed E-state index contributed by atoms with van der Waals surface area (Å²) >= 11 is 6.17. The first-order valence-corrected chi connectivity index (χ1v) is 6.68. The van der Waals surface area contributed by atoms with E-state index >= 15 is 0 Å². The van der Waals surface area contributed by atoms with Crippen molar-refractivity contribution in [3.05, 3.63) is 41.6 Å². The molecule has 0 radical (unpaired) electrons. The molecule has 0 saturated heterocycles. The van der Waals surface area contributed by atoms with Gasteiger partial charge in [-0.1, -0.05) is 17.7 Å². The van der Waals surface area contributed by atoms with Gasteiger partial charge in [-0.3, -0.25) is 4.40 Å². The quantitative estimate of drug-likeness (QED) is 0.807. The molecule has 0 aliphatic heterocycles. The van der Waals surface area contributed by atoms with Crippen molar-refractivity contribution in [1.29, 1.82) is 0 Å². The van der Waals surface area contributed by atoms with Gasteiger partial charge in [0.2, 0.25) is 0 Å². The van der Waals surface area contributed by atoms with Crippen molar-refractivity contribution in [3.63, 3.8) is 0 Å². The lowest BCUT2D eigenvalue weighted by molar-refractivity contribution is 0.356. The number of benzene rings is 1. The standard InChI is InChI=1S/C15H14ClN3O2/c1-20-11-7-3-5-9(13(11)21-2)12-14(17)19-8-4-6-10(16)15(19)18-12/h3-8H,17H2,1-2H3. The Labute approximate surface area is 126 Å². The van der Waals surface area contributed by atoms with E-state index in [1.54, 1.807) is 24.7 Å². The molecule has 0 atom stereocenters. The van der Waals surface area contributed by atoms with Crippen LogP contribution < -0.4 is 15.2 Å². The normalized spacial score (nSPS) is 10.8. The third kappa shape index (κ3) is 2.06. The van der Waals surface area contributed by atoms with Crippen LogP contribution in [0.15, 0.2) is 36.5 Å². The van der Waals surface area contributed by atoms with Gasteiger partial charge in [0.15, 0.2) is 17.1 Å². The lowest BCUT2D eigenvalue weighted by Crippen LogP contribution is -1.96. The lowest BCUT2D eigenvalue weighted by Gasteiger charge is -2.11. The van der Waals surface area contributed by atoms with E-state index in [0.717, 1.165) is 5.56 Å². The molecule has 6 heteroatoms. The highest BCUT2D eigenvalue weighted by Gasteiger charge is 2.19. The fraction of sp³-hybridized carbons (Fsp3) is 0.133. The number of para-hydroxylation sites is 1. The highest BCUT2D eigenvalue weighted by molar-refractivity contribution is 6.33. The summed E-state index contributed by atoms with van der Waals surface area (Å²) in [6, 6.07) is 9.16. The number of halogens is 1. The van der Waals surface area contributed by atoms with E-state index in [1.807, 2.05) is 30.5 Å². The second-order valence-corrected chi connectivity index (χ2v) is 4.84. The van der Waals surface area contributed by atoms with E-state index in [0.29, 0.717) is 33.7 Å². The monoisotopic (exact) mass is 303 g/mol. The van der Waals surface area contributed by atoms with E-state index in [2.05, 4.69) is 4.98 Å². The van der Waals surface area contributed by atoms with Crippen LogP contribution in [0.1, 0.15) is 0 Å². The highest BCUT2D eigenvalue weighted by atomic mass is 35.5. The Morgan fingerprint density at radius 3 is 2.62 bits per heavy atom. The van der Waals surface area contributed by atoms with Crippen LogP contribution in [0.25, 0.3) is 16.9 Å². The second-order valence-electron chi connectivity index (χ2n) is 4.44. The zero-order valence-electron chi connectivity index (χ0n) is 11.6. The first-order chi connectivity index (χ1) is 10.2. The molecule has 2 aromatic heterocycles. The molecule has 0 bridgehead atoms. The molecule has 2 N–H and O–H groups in total. The van der Waals surface area contributed by atoms with Gasteiger partial charge < -0.3 is 15.2 Å². The fourth-order valence-corrected chi connectivity index (χ4v) is 2.53. The third-order valence-electron chi connectivity index (χ3n) is 3.30. The number of anilines is 1. The van der Waals surface area contributed by atoms with E-state index < -0.39 is 0 Å². The SMILES string of the molecule is COc1cccc(-c2nc3c(Cl)cccn3c2N)c1OC. The predicted molar refractivity (Wildman–Crippen MR) is 83.2 cm³/mol. The first kappa shape index (κ1) is 13.6. The molecule has 1 aromatic carbocycles. The van der Waals surface area contributed by atoms with Crippen molar-refractivity contribution >= 4 is 23.1 Å². The average Bonchev–Trinajstić information content (AvgIpc) is 2.85. The number of aromatic nitrogens is 2. The van der Waals surface area contributed by atoms with Crippen LogP contribution in [-0.2, 0) is 0 Å². The molecule has 0 aliphatic carbocycles. The number of pyridine rings is 1. The van der Waals surface area contributed by atoms with Gasteiger partial charge in [-0.2, -0.15) is 0 Å². The van der Waals surface area contributed by atoms with Crippen LogP contribution in [0.5, 0.6) is 11.5 Å². The number of nitrogen functional groups attached to an aromatic ring is 1. The maximum atomic E-state index is 6.20. The summed E-state index contributed by atoms with van der Waals surface area (Å²) in [4.78, 5) is 4.54. The maximum Gasteiger partial charge on any atom is 0.170 e. The number of hydrogen-bond acceptors (Lipinski definition) is 4. The number of nitrogens with zero attached hydrogens (tertiary/aromatic N) is 2. The van der Waals surface area contributed by atoms with E-state index in [4.69, 9.17) is 26.8 Å². The largest absolute Gasteiger partial charge is 0.493 e. The van der Waals surface area contributed by atoms with Crippen molar-refractivity contribution in [1.82, 2.24) is 9.38 Å². The molecule has 0 fully saturated rings. The van der Waals surface area contributed by atoms with Crippen LogP contribution in [0.4, 0.5) is 5.82 Å². The van der Waals surface area contributed by atoms with Gasteiger partial charge in [0.05, 0.1) is 19.2 Å². The van der Waals surface area contributed by atoms with Gasteiger partial charge in [0, 0.05) is 11.8 Å². The van der Waals surface area contributed by atoms with Gasteiger partial charge >= 0.3 is 0 Å².